The third-order valence-electron chi connectivity index (χ3n) is 3.56. The van der Waals surface area contributed by atoms with Crippen molar-refractivity contribution in [1.82, 2.24) is 0 Å². The van der Waals surface area contributed by atoms with Gasteiger partial charge >= 0.3 is 0 Å². The minimum atomic E-state index is -1.42. The van der Waals surface area contributed by atoms with Crippen molar-refractivity contribution in [3.8, 4) is 11.1 Å². The van der Waals surface area contributed by atoms with E-state index in [1.54, 1.807) is 6.07 Å². The third-order valence-corrected chi connectivity index (χ3v) is 6.11. The summed E-state index contributed by atoms with van der Waals surface area (Å²) in [4.78, 5) is 0. The number of methoxy groups -OCH3 is 1. The maximum absolute atomic E-state index is 12.3. The van der Waals surface area contributed by atoms with Crippen molar-refractivity contribution >= 4 is 57.7 Å². The highest BCUT2D eigenvalue weighted by atomic mass is 35.5. The minimum Gasteiger partial charge on any atom is -0.486 e. The molecular formula is C19H19Cl2NO2S2. The van der Waals surface area contributed by atoms with Crippen LogP contribution in [-0.4, -0.2) is 27.3 Å². The second kappa shape index (κ2) is 8.61. The zero-order chi connectivity index (χ0) is 19.5. The summed E-state index contributed by atoms with van der Waals surface area (Å²) in [6, 6.07) is 11.1. The molecule has 0 N–H and O–H groups in total. The number of hydrogen-bond donors (Lipinski definition) is 0. The van der Waals surface area contributed by atoms with Crippen LogP contribution in [0.15, 0.2) is 40.8 Å². The number of benzene rings is 2. The average molecular weight is 428 g/mol. The fraction of sp³-hybridized carbons (Fsp3) is 0.263. The molecule has 0 aliphatic carbocycles. The number of halogens is 2. The van der Waals surface area contributed by atoms with Crippen LogP contribution in [0.2, 0.25) is 10.0 Å². The molecule has 1 atom stereocenters. The predicted molar refractivity (Wildman–Crippen MR) is 116 cm³/mol. The molecule has 2 aromatic carbocycles. The van der Waals surface area contributed by atoms with Gasteiger partial charge in [-0.05, 0) is 56.2 Å². The molecule has 0 aromatic heterocycles. The van der Waals surface area contributed by atoms with Gasteiger partial charge in [-0.2, -0.15) is 4.40 Å². The minimum absolute atomic E-state index is 0.344. The molecule has 0 saturated heterocycles. The smallest absolute Gasteiger partial charge is 0.191 e. The highest BCUT2D eigenvalue weighted by molar-refractivity contribution is 7.85. The fourth-order valence-electron chi connectivity index (χ4n) is 2.19. The van der Waals surface area contributed by atoms with Crippen molar-refractivity contribution in [1.29, 1.82) is 0 Å². The summed E-state index contributed by atoms with van der Waals surface area (Å²) >= 11 is 17.9. The Morgan fingerprint density at radius 1 is 1.15 bits per heavy atom. The second-order valence-corrected chi connectivity index (χ2v) is 9.55. The van der Waals surface area contributed by atoms with Gasteiger partial charge in [-0.1, -0.05) is 47.5 Å². The molecule has 0 saturated carbocycles. The maximum atomic E-state index is 12.3. The van der Waals surface area contributed by atoms with Gasteiger partial charge in [-0.15, -0.1) is 0 Å². The topological polar surface area (TPSA) is 38.7 Å². The largest absolute Gasteiger partial charge is 0.486 e. The SMILES string of the molecule is COC(=S)c1ccccc1-c1ccc(Cl)c(Cl)c1/C=N/S(=O)C(C)(C)C. The summed E-state index contributed by atoms with van der Waals surface area (Å²) in [5, 5.41) is 1.11. The molecule has 0 spiro atoms. The molecule has 2 rings (SSSR count). The zero-order valence-corrected chi connectivity index (χ0v) is 18.0. The first-order valence-corrected chi connectivity index (χ1v) is 10.1. The van der Waals surface area contributed by atoms with Gasteiger partial charge in [-0.25, -0.2) is 4.21 Å². The molecule has 3 nitrogen and oxygen atoms in total. The van der Waals surface area contributed by atoms with Crippen LogP contribution in [-0.2, 0) is 15.7 Å². The van der Waals surface area contributed by atoms with E-state index < -0.39 is 15.7 Å². The van der Waals surface area contributed by atoms with E-state index in [9.17, 15) is 4.21 Å². The van der Waals surface area contributed by atoms with Crippen LogP contribution in [0.25, 0.3) is 11.1 Å². The first-order valence-electron chi connectivity index (χ1n) is 7.78. The highest BCUT2D eigenvalue weighted by Crippen LogP contribution is 2.35. The Morgan fingerprint density at radius 3 is 2.42 bits per heavy atom. The summed E-state index contributed by atoms with van der Waals surface area (Å²) in [6.45, 7) is 5.56. The number of ether oxygens (including phenoxy) is 1. The van der Waals surface area contributed by atoms with Gasteiger partial charge in [0.25, 0.3) is 0 Å². The highest BCUT2D eigenvalue weighted by Gasteiger charge is 2.20. The Hall–Kier alpha value is -1.27. The van der Waals surface area contributed by atoms with Gasteiger partial charge in [-0.3, -0.25) is 0 Å². The van der Waals surface area contributed by atoms with Crippen LogP contribution >= 0.6 is 35.4 Å². The molecule has 0 aliphatic rings. The molecule has 0 aliphatic heterocycles. The lowest BCUT2D eigenvalue weighted by Crippen LogP contribution is -2.19. The van der Waals surface area contributed by atoms with Crippen LogP contribution in [0.1, 0.15) is 31.9 Å². The van der Waals surface area contributed by atoms with Crippen LogP contribution < -0.4 is 0 Å². The molecule has 7 heteroatoms. The number of nitrogens with zero attached hydrogens (tertiary/aromatic N) is 1. The molecule has 0 amide bonds. The summed E-state index contributed by atoms with van der Waals surface area (Å²) in [5.74, 6) is 0. The Morgan fingerprint density at radius 2 is 1.81 bits per heavy atom. The van der Waals surface area contributed by atoms with E-state index in [4.69, 9.17) is 40.2 Å². The molecule has 26 heavy (non-hydrogen) atoms. The molecule has 0 fully saturated rings. The summed E-state index contributed by atoms with van der Waals surface area (Å²) < 4.78 is 21.2. The van der Waals surface area contributed by atoms with Gasteiger partial charge in [0.2, 0.25) is 0 Å². The molecule has 1 unspecified atom stereocenters. The van der Waals surface area contributed by atoms with Crippen LogP contribution in [0.3, 0.4) is 0 Å². The van der Waals surface area contributed by atoms with Gasteiger partial charge < -0.3 is 4.74 Å². The monoisotopic (exact) mass is 427 g/mol. The van der Waals surface area contributed by atoms with Gasteiger partial charge in [0.05, 0.1) is 21.9 Å². The Labute approximate surface area is 172 Å². The molecule has 0 radical (unpaired) electrons. The Kier molecular flexibility index (Phi) is 6.97. The van der Waals surface area contributed by atoms with E-state index >= 15 is 0 Å². The quantitative estimate of drug-likeness (QED) is 0.452. The van der Waals surface area contributed by atoms with Gasteiger partial charge in [0.1, 0.15) is 11.0 Å². The first-order chi connectivity index (χ1) is 12.2. The van der Waals surface area contributed by atoms with Crippen molar-refractivity contribution in [3.63, 3.8) is 0 Å². The molecule has 138 valence electrons. The van der Waals surface area contributed by atoms with E-state index in [1.165, 1.54) is 13.3 Å². The molecule has 0 heterocycles. The van der Waals surface area contributed by atoms with Crippen LogP contribution in [0.5, 0.6) is 0 Å². The summed E-state index contributed by atoms with van der Waals surface area (Å²) in [5.41, 5.74) is 2.96. The number of thiocarbonyl (C=S) groups is 1. The van der Waals surface area contributed by atoms with Crippen LogP contribution in [0.4, 0.5) is 0 Å². The zero-order valence-electron chi connectivity index (χ0n) is 14.9. The van der Waals surface area contributed by atoms with E-state index in [0.29, 0.717) is 20.7 Å². The Balaban J connectivity index is 2.66. The molecule has 0 bridgehead atoms. The lowest BCUT2D eigenvalue weighted by Gasteiger charge is -2.15. The van der Waals surface area contributed by atoms with E-state index in [2.05, 4.69) is 4.40 Å². The number of hydrogen-bond acceptors (Lipinski definition) is 3. The van der Waals surface area contributed by atoms with Gasteiger partial charge in [0.15, 0.2) is 5.05 Å². The predicted octanol–water partition coefficient (Wildman–Crippen LogP) is 5.86. The van der Waals surface area contributed by atoms with Crippen LogP contribution in [0, 0.1) is 0 Å². The fourth-order valence-corrected chi connectivity index (χ4v) is 3.27. The second-order valence-electron chi connectivity index (χ2n) is 6.46. The van der Waals surface area contributed by atoms with Crippen molar-refractivity contribution in [2.45, 2.75) is 25.5 Å². The van der Waals surface area contributed by atoms with E-state index in [1.807, 2.05) is 51.1 Å². The standard InChI is InChI=1S/C19H19Cl2NO2S2/c1-19(2,3)26(23)22-11-15-13(9-10-16(20)17(15)21)12-7-5-6-8-14(12)18(25)24-4/h5-11H,1-4H3/b22-11+. The van der Waals surface area contributed by atoms with Gasteiger partial charge in [0, 0.05) is 17.3 Å². The maximum Gasteiger partial charge on any atom is 0.191 e. The van der Waals surface area contributed by atoms with Crippen molar-refractivity contribution in [2.24, 2.45) is 4.40 Å². The van der Waals surface area contributed by atoms with Crippen molar-refractivity contribution < 1.29 is 8.95 Å². The summed E-state index contributed by atoms with van der Waals surface area (Å²) in [6.07, 6.45) is 1.51. The molecular weight excluding hydrogens is 409 g/mol. The Bertz CT molecular complexity index is 890. The lowest BCUT2D eigenvalue weighted by molar-refractivity contribution is 0.416. The summed E-state index contributed by atoms with van der Waals surface area (Å²) in [7, 11) is 0.115. The molecule has 2 aromatic rings. The van der Waals surface area contributed by atoms with Crippen molar-refractivity contribution in [3.05, 3.63) is 57.6 Å². The van der Waals surface area contributed by atoms with E-state index in [0.717, 1.165) is 16.7 Å². The lowest BCUT2D eigenvalue weighted by atomic mass is 9.96. The first kappa shape index (κ1) is 21.0. The third kappa shape index (κ3) is 4.71. The normalized spacial score (nSPS) is 13.0. The average Bonchev–Trinajstić information content (AvgIpc) is 2.61. The van der Waals surface area contributed by atoms with E-state index in [-0.39, 0.29) is 0 Å². The number of rotatable bonds is 4. The van der Waals surface area contributed by atoms with Crippen molar-refractivity contribution in [2.75, 3.05) is 7.11 Å².